The lowest BCUT2D eigenvalue weighted by atomic mass is 10.2. The van der Waals surface area contributed by atoms with Crippen molar-refractivity contribution in [1.29, 1.82) is 0 Å². The lowest BCUT2D eigenvalue weighted by Crippen LogP contribution is -2.36. The molecule has 6 nitrogen and oxygen atoms in total. The quantitative estimate of drug-likeness (QED) is 0.654. The molecule has 0 aromatic heterocycles. The maximum atomic E-state index is 11.4. The molecule has 0 aromatic carbocycles. The Balaban J connectivity index is 3.06. The van der Waals surface area contributed by atoms with Crippen molar-refractivity contribution in [2.45, 2.75) is 25.9 Å². The lowest BCUT2D eigenvalue weighted by Gasteiger charge is -2.18. The zero-order chi connectivity index (χ0) is 12.0. The van der Waals surface area contributed by atoms with Gasteiger partial charge in [-0.15, -0.1) is 0 Å². The Bertz CT molecular complexity index is 404. The van der Waals surface area contributed by atoms with Gasteiger partial charge in [-0.2, -0.15) is 8.15 Å². The minimum Gasteiger partial charge on any atom is -0.212 e. The molecular weight excluding hydrogens is 259 g/mol. The molecule has 15 heavy (non-hydrogen) atoms. The van der Waals surface area contributed by atoms with Gasteiger partial charge in [-0.25, -0.2) is 16.8 Å². The molecule has 0 N–H and O–H groups in total. The van der Waals surface area contributed by atoms with Crippen LogP contribution >= 0.6 is 8.88 Å². The maximum absolute atomic E-state index is 11.4. The topological polar surface area (TPSA) is 74.8 Å². The van der Waals surface area contributed by atoms with E-state index in [9.17, 15) is 16.8 Å². The zero-order valence-electron chi connectivity index (χ0n) is 9.00. The minimum atomic E-state index is -3.34. The van der Waals surface area contributed by atoms with Crippen LogP contribution in [0.4, 0.5) is 0 Å². The van der Waals surface area contributed by atoms with Crippen molar-refractivity contribution in [3.8, 4) is 0 Å². The van der Waals surface area contributed by atoms with Crippen molar-refractivity contribution in [2.75, 3.05) is 12.5 Å². The minimum absolute atomic E-state index is 0.312. The van der Waals surface area contributed by atoms with Crippen LogP contribution in [0.2, 0.25) is 0 Å². The predicted molar refractivity (Wildman–Crippen MR) is 60.6 cm³/mol. The monoisotopic (exact) mass is 274 g/mol. The van der Waals surface area contributed by atoms with Crippen molar-refractivity contribution < 1.29 is 16.8 Å². The van der Waals surface area contributed by atoms with Crippen molar-refractivity contribution in [3.63, 3.8) is 0 Å². The summed E-state index contributed by atoms with van der Waals surface area (Å²) in [6, 6.07) is -0.624. The van der Waals surface area contributed by atoms with Crippen LogP contribution in [-0.2, 0) is 20.0 Å². The van der Waals surface area contributed by atoms with Gasteiger partial charge in [-0.3, -0.25) is 0 Å². The first-order valence-electron chi connectivity index (χ1n) is 4.30. The summed E-state index contributed by atoms with van der Waals surface area (Å²) in [7, 11) is -7.03. The summed E-state index contributed by atoms with van der Waals surface area (Å²) in [4.78, 5) is 0. The van der Waals surface area contributed by atoms with Gasteiger partial charge in [0.1, 0.15) is 0 Å². The summed E-state index contributed by atoms with van der Waals surface area (Å²) in [6.45, 7) is 3.42. The summed E-state index contributed by atoms with van der Waals surface area (Å²) in [5, 5.41) is 0. The molecule has 1 heterocycles. The van der Waals surface area contributed by atoms with Gasteiger partial charge >= 0.3 is 0 Å². The SMILES string of the molecule is C[C@@H]1[C@@H](C)N(S(C)(=O)=O)PN1S(C)(=O)=O. The average Bonchev–Trinajstić information content (AvgIpc) is 2.26. The Morgan fingerprint density at radius 1 is 0.867 bits per heavy atom. The normalized spacial score (nSPS) is 30.9. The summed E-state index contributed by atoms with van der Waals surface area (Å²) in [5.74, 6) is 0. The molecule has 0 bridgehead atoms. The van der Waals surface area contributed by atoms with Crippen LogP contribution in [-0.4, -0.2) is 49.6 Å². The van der Waals surface area contributed by atoms with Crippen LogP contribution in [0.25, 0.3) is 0 Å². The Kier molecular flexibility index (Phi) is 3.48. The molecule has 1 rings (SSSR count). The fourth-order valence-electron chi connectivity index (χ4n) is 1.42. The highest BCUT2D eigenvalue weighted by Gasteiger charge is 2.43. The first kappa shape index (κ1) is 13.3. The number of nitrogens with zero attached hydrogens (tertiary/aromatic N) is 2. The number of rotatable bonds is 2. The van der Waals surface area contributed by atoms with E-state index >= 15 is 0 Å². The van der Waals surface area contributed by atoms with E-state index in [0.29, 0.717) is 0 Å². The van der Waals surface area contributed by atoms with Crippen molar-refractivity contribution in [2.24, 2.45) is 0 Å². The van der Waals surface area contributed by atoms with Gasteiger partial charge in [-0.1, -0.05) is 0 Å². The fraction of sp³-hybridized carbons (Fsp3) is 1.00. The Labute approximate surface area is 92.6 Å². The number of hydrogen-bond acceptors (Lipinski definition) is 4. The van der Waals surface area contributed by atoms with Crippen LogP contribution in [0, 0.1) is 0 Å². The van der Waals surface area contributed by atoms with E-state index < -0.39 is 20.0 Å². The van der Waals surface area contributed by atoms with Crippen LogP contribution in [0.3, 0.4) is 0 Å². The summed E-state index contributed by atoms with van der Waals surface area (Å²) in [5.41, 5.74) is 0. The maximum Gasteiger partial charge on any atom is 0.215 e. The molecule has 1 saturated heterocycles. The second-order valence-corrected chi connectivity index (χ2v) is 9.23. The van der Waals surface area contributed by atoms with Crippen molar-refractivity contribution in [3.05, 3.63) is 0 Å². The summed E-state index contributed by atoms with van der Waals surface area (Å²) < 4.78 is 47.9. The molecule has 0 aliphatic carbocycles. The van der Waals surface area contributed by atoms with Crippen molar-refractivity contribution >= 4 is 28.9 Å². The Hall–Kier alpha value is 0.250. The van der Waals surface area contributed by atoms with Gasteiger partial charge in [0.25, 0.3) is 0 Å². The molecule has 2 atom stereocenters. The predicted octanol–water partition coefficient (Wildman–Crippen LogP) is -0.191. The van der Waals surface area contributed by atoms with E-state index in [0.717, 1.165) is 12.5 Å². The third kappa shape index (κ3) is 2.68. The van der Waals surface area contributed by atoms with Crippen LogP contribution in [0.15, 0.2) is 0 Å². The van der Waals surface area contributed by atoms with Gasteiger partial charge < -0.3 is 0 Å². The lowest BCUT2D eigenvalue weighted by molar-refractivity contribution is 0.405. The smallest absolute Gasteiger partial charge is 0.212 e. The molecule has 0 unspecified atom stereocenters. The molecule has 0 radical (unpaired) electrons. The Morgan fingerprint density at radius 2 is 1.13 bits per heavy atom. The van der Waals surface area contributed by atoms with Gasteiger partial charge in [0.05, 0.1) is 21.4 Å². The molecule has 0 amide bonds. The molecular formula is C6H15N2O4PS2. The highest BCUT2D eigenvalue weighted by Crippen LogP contribution is 2.42. The second-order valence-electron chi connectivity index (χ2n) is 3.70. The summed E-state index contributed by atoms with van der Waals surface area (Å²) >= 11 is 0. The van der Waals surface area contributed by atoms with Crippen LogP contribution < -0.4 is 0 Å². The zero-order valence-corrected chi connectivity index (χ0v) is 11.6. The van der Waals surface area contributed by atoms with Crippen molar-refractivity contribution in [1.82, 2.24) is 8.15 Å². The third-order valence-electron chi connectivity index (χ3n) is 2.35. The van der Waals surface area contributed by atoms with E-state index in [1.54, 1.807) is 13.8 Å². The molecule has 1 fully saturated rings. The number of hydrogen-bond donors (Lipinski definition) is 0. The van der Waals surface area contributed by atoms with E-state index in [1.165, 1.54) is 8.15 Å². The molecule has 0 aromatic rings. The third-order valence-corrected chi connectivity index (χ3v) is 8.13. The highest BCUT2D eigenvalue weighted by atomic mass is 32.2. The average molecular weight is 274 g/mol. The molecule has 0 spiro atoms. The van der Waals surface area contributed by atoms with E-state index in [1.807, 2.05) is 0 Å². The largest absolute Gasteiger partial charge is 0.215 e. The first-order valence-corrected chi connectivity index (χ1v) is 8.89. The molecule has 0 saturated carbocycles. The number of sulfonamides is 2. The fourth-order valence-corrected chi connectivity index (χ4v) is 5.84. The van der Waals surface area contributed by atoms with E-state index in [-0.39, 0.29) is 21.0 Å². The van der Waals surface area contributed by atoms with Crippen LogP contribution in [0.1, 0.15) is 13.8 Å². The molecule has 9 heteroatoms. The first-order chi connectivity index (χ1) is 6.55. The Morgan fingerprint density at radius 3 is 1.27 bits per heavy atom. The standard InChI is InChI=1S/C6H15N2O4PS2/c1-5-6(2)8(15(4,11)12)13-7(5)14(3,9)10/h5-6,13H,1-4H3/t5-,6-/m1/s1. The molecule has 1 aliphatic rings. The van der Waals surface area contributed by atoms with Gasteiger partial charge in [0.2, 0.25) is 20.0 Å². The summed E-state index contributed by atoms with van der Waals surface area (Å²) in [6.07, 6.45) is 2.18. The second kappa shape index (κ2) is 3.92. The van der Waals surface area contributed by atoms with E-state index in [4.69, 9.17) is 0 Å². The van der Waals surface area contributed by atoms with Gasteiger partial charge in [0.15, 0.2) is 0 Å². The van der Waals surface area contributed by atoms with Gasteiger partial charge in [0, 0.05) is 12.1 Å². The highest BCUT2D eigenvalue weighted by molar-refractivity contribution is 7.96. The van der Waals surface area contributed by atoms with Crippen LogP contribution in [0.5, 0.6) is 0 Å². The molecule has 90 valence electrons. The van der Waals surface area contributed by atoms with Gasteiger partial charge in [-0.05, 0) is 13.8 Å². The molecule has 1 aliphatic heterocycles. The van der Waals surface area contributed by atoms with E-state index in [2.05, 4.69) is 0 Å².